The fraction of sp³-hybridized carbons (Fsp3) is 0.267. The third kappa shape index (κ3) is 3.58. The highest BCUT2D eigenvalue weighted by atomic mass is 32.1. The summed E-state index contributed by atoms with van der Waals surface area (Å²) in [6.45, 7) is 2.74. The van der Waals surface area contributed by atoms with E-state index in [0.717, 1.165) is 0 Å². The molecule has 100 valence electrons. The largest absolute Gasteiger partial charge is 0.341 e. The van der Waals surface area contributed by atoms with Crippen LogP contribution in [0, 0.1) is 0 Å². The first-order valence-corrected chi connectivity index (χ1v) is 7.23. The van der Waals surface area contributed by atoms with Crippen molar-refractivity contribution in [2.75, 3.05) is 13.6 Å². The number of urea groups is 1. The van der Waals surface area contributed by atoms with E-state index < -0.39 is 0 Å². The molecule has 1 heterocycles. The van der Waals surface area contributed by atoms with Crippen molar-refractivity contribution < 1.29 is 4.79 Å². The van der Waals surface area contributed by atoms with Crippen molar-refractivity contribution in [1.82, 2.24) is 10.6 Å². The highest BCUT2D eigenvalue weighted by Crippen LogP contribution is 2.24. The molecule has 0 saturated heterocycles. The van der Waals surface area contributed by atoms with E-state index >= 15 is 0 Å². The zero-order valence-electron chi connectivity index (χ0n) is 11.1. The minimum Gasteiger partial charge on any atom is -0.341 e. The first-order chi connectivity index (χ1) is 9.20. The van der Waals surface area contributed by atoms with Crippen LogP contribution in [-0.2, 0) is 0 Å². The first kappa shape index (κ1) is 13.6. The van der Waals surface area contributed by atoms with Gasteiger partial charge in [-0.1, -0.05) is 31.2 Å². The average Bonchev–Trinajstić information content (AvgIpc) is 2.98. The van der Waals surface area contributed by atoms with E-state index in [1.165, 1.54) is 16.7 Å². The van der Waals surface area contributed by atoms with Gasteiger partial charge in [0.2, 0.25) is 0 Å². The number of rotatable bonds is 4. The molecule has 0 aliphatic carbocycles. The van der Waals surface area contributed by atoms with Gasteiger partial charge in [-0.2, -0.15) is 11.3 Å². The van der Waals surface area contributed by atoms with Gasteiger partial charge in [-0.3, -0.25) is 0 Å². The molecule has 0 aliphatic heterocycles. The Labute approximate surface area is 117 Å². The summed E-state index contributed by atoms with van der Waals surface area (Å²) in [7, 11) is 1.62. The summed E-state index contributed by atoms with van der Waals surface area (Å²) in [5.41, 5.74) is 3.72. The van der Waals surface area contributed by atoms with Crippen LogP contribution in [0.3, 0.4) is 0 Å². The summed E-state index contributed by atoms with van der Waals surface area (Å²) >= 11 is 1.70. The Morgan fingerprint density at radius 1 is 1.21 bits per heavy atom. The minimum absolute atomic E-state index is 0.137. The van der Waals surface area contributed by atoms with Gasteiger partial charge in [0, 0.05) is 13.6 Å². The lowest BCUT2D eigenvalue weighted by molar-refractivity contribution is 0.242. The van der Waals surface area contributed by atoms with Crippen LogP contribution in [-0.4, -0.2) is 19.6 Å². The van der Waals surface area contributed by atoms with E-state index in [1.807, 2.05) is 0 Å². The van der Waals surface area contributed by atoms with E-state index in [0.29, 0.717) is 12.5 Å². The third-order valence-electron chi connectivity index (χ3n) is 3.13. The lowest BCUT2D eigenvalue weighted by Gasteiger charge is -2.13. The van der Waals surface area contributed by atoms with Crippen LogP contribution >= 0.6 is 11.3 Å². The van der Waals surface area contributed by atoms with Gasteiger partial charge in [-0.15, -0.1) is 0 Å². The molecule has 0 bridgehead atoms. The molecule has 1 unspecified atom stereocenters. The van der Waals surface area contributed by atoms with E-state index in [1.54, 1.807) is 18.4 Å². The molecule has 0 fully saturated rings. The van der Waals surface area contributed by atoms with Gasteiger partial charge in [0.1, 0.15) is 0 Å². The Morgan fingerprint density at radius 2 is 1.95 bits per heavy atom. The summed E-state index contributed by atoms with van der Waals surface area (Å²) in [5, 5.41) is 9.60. The first-order valence-electron chi connectivity index (χ1n) is 6.29. The van der Waals surface area contributed by atoms with Crippen molar-refractivity contribution in [2.24, 2.45) is 0 Å². The van der Waals surface area contributed by atoms with Crippen LogP contribution in [0.1, 0.15) is 18.4 Å². The van der Waals surface area contributed by atoms with Gasteiger partial charge >= 0.3 is 6.03 Å². The molecule has 0 radical (unpaired) electrons. The van der Waals surface area contributed by atoms with Crippen molar-refractivity contribution in [3.8, 4) is 11.1 Å². The number of nitrogens with one attached hydrogen (secondary N) is 2. The van der Waals surface area contributed by atoms with Crippen molar-refractivity contribution in [3.05, 3.63) is 46.7 Å². The lowest BCUT2D eigenvalue weighted by Crippen LogP contribution is -2.35. The molecule has 2 aromatic rings. The Kier molecular flexibility index (Phi) is 4.58. The predicted molar refractivity (Wildman–Crippen MR) is 80.6 cm³/mol. The van der Waals surface area contributed by atoms with Crippen LogP contribution in [0.4, 0.5) is 4.79 Å². The van der Waals surface area contributed by atoms with Gasteiger partial charge < -0.3 is 10.6 Å². The molecular weight excluding hydrogens is 256 g/mol. The SMILES string of the molecule is CNC(=O)NCC(C)c1ccc(-c2ccsc2)cc1. The molecule has 19 heavy (non-hydrogen) atoms. The lowest BCUT2D eigenvalue weighted by atomic mass is 9.98. The molecule has 2 rings (SSSR count). The van der Waals surface area contributed by atoms with Crippen molar-refractivity contribution in [1.29, 1.82) is 0 Å². The summed E-state index contributed by atoms with van der Waals surface area (Å²) in [4.78, 5) is 11.1. The number of thiophene rings is 1. The maximum absolute atomic E-state index is 11.1. The molecule has 2 N–H and O–H groups in total. The second kappa shape index (κ2) is 6.38. The quantitative estimate of drug-likeness (QED) is 0.881. The Bertz CT molecular complexity index is 520. The molecule has 1 aromatic carbocycles. The number of carbonyl (C=O) groups excluding carboxylic acids is 1. The number of amides is 2. The summed E-state index contributed by atoms with van der Waals surface area (Å²) in [6, 6.07) is 10.5. The molecular formula is C15H18N2OS. The van der Waals surface area contributed by atoms with Crippen LogP contribution in [0.15, 0.2) is 41.1 Å². The maximum atomic E-state index is 11.1. The van der Waals surface area contributed by atoms with Gasteiger partial charge in [-0.25, -0.2) is 4.79 Å². The Hall–Kier alpha value is -1.81. The third-order valence-corrected chi connectivity index (χ3v) is 3.81. The standard InChI is InChI=1S/C15H18N2OS/c1-11(9-17-15(18)16-2)12-3-5-13(6-4-12)14-7-8-19-10-14/h3-8,10-11H,9H2,1-2H3,(H2,16,17,18). The second-order valence-corrected chi connectivity index (χ2v) is 5.28. The number of carbonyl (C=O) groups is 1. The number of hydrogen-bond donors (Lipinski definition) is 2. The van der Waals surface area contributed by atoms with Crippen LogP contribution in [0.25, 0.3) is 11.1 Å². The van der Waals surface area contributed by atoms with Crippen molar-refractivity contribution in [3.63, 3.8) is 0 Å². The van der Waals surface area contributed by atoms with Gasteiger partial charge in [0.25, 0.3) is 0 Å². The highest BCUT2D eigenvalue weighted by Gasteiger charge is 2.07. The highest BCUT2D eigenvalue weighted by molar-refractivity contribution is 7.08. The average molecular weight is 274 g/mol. The Balaban J connectivity index is 2.00. The normalized spacial score (nSPS) is 11.9. The maximum Gasteiger partial charge on any atom is 0.314 e. The van der Waals surface area contributed by atoms with Crippen molar-refractivity contribution in [2.45, 2.75) is 12.8 Å². The molecule has 0 spiro atoms. The topological polar surface area (TPSA) is 41.1 Å². The van der Waals surface area contributed by atoms with E-state index in [-0.39, 0.29) is 6.03 Å². The molecule has 2 amide bonds. The van der Waals surface area contributed by atoms with Crippen LogP contribution in [0.5, 0.6) is 0 Å². The fourth-order valence-electron chi connectivity index (χ4n) is 1.88. The van der Waals surface area contributed by atoms with E-state index in [9.17, 15) is 4.79 Å². The fourth-order valence-corrected chi connectivity index (χ4v) is 2.55. The predicted octanol–water partition coefficient (Wildman–Crippen LogP) is 3.45. The van der Waals surface area contributed by atoms with Crippen molar-refractivity contribution >= 4 is 17.4 Å². The Morgan fingerprint density at radius 3 is 2.53 bits per heavy atom. The second-order valence-electron chi connectivity index (χ2n) is 4.50. The zero-order valence-corrected chi connectivity index (χ0v) is 12.0. The van der Waals surface area contributed by atoms with Gasteiger partial charge in [-0.05, 0) is 39.4 Å². The van der Waals surface area contributed by atoms with Crippen LogP contribution < -0.4 is 10.6 Å². The van der Waals surface area contributed by atoms with Gasteiger partial charge in [0.15, 0.2) is 0 Å². The van der Waals surface area contributed by atoms with E-state index in [2.05, 4.69) is 58.6 Å². The van der Waals surface area contributed by atoms with Gasteiger partial charge in [0.05, 0.1) is 0 Å². The molecule has 1 atom stereocenters. The molecule has 0 saturated carbocycles. The number of benzene rings is 1. The smallest absolute Gasteiger partial charge is 0.314 e. The molecule has 1 aromatic heterocycles. The minimum atomic E-state index is -0.137. The number of hydrogen-bond acceptors (Lipinski definition) is 2. The summed E-state index contributed by atoms with van der Waals surface area (Å²) < 4.78 is 0. The summed E-state index contributed by atoms with van der Waals surface area (Å²) in [6.07, 6.45) is 0. The van der Waals surface area contributed by atoms with Crippen LogP contribution in [0.2, 0.25) is 0 Å². The zero-order chi connectivity index (χ0) is 13.7. The monoisotopic (exact) mass is 274 g/mol. The molecule has 3 nitrogen and oxygen atoms in total. The molecule has 4 heteroatoms. The molecule has 0 aliphatic rings. The van der Waals surface area contributed by atoms with E-state index in [4.69, 9.17) is 0 Å². The summed E-state index contributed by atoms with van der Waals surface area (Å²) in [5.74, 6) is 0.300.